The highest BCUT2D eigenvalue weighted by Gasteiger charge is 2.21. The maximum atomic E-state index is 10.7. The van der Waals surface area contributed by atoms with Gasteiger partial charge >= 0.3 is 5.97 Å². The summed E-state index contributed by atoms with van der Waals surface area (Å²) in [5.74, 6) is 0.903. The molecule has 0 unspecified atom stereocenters. The maximum absolute atomic E-state index is 10.7. The molecule has 2 N–H and O–H groups in total. The van der Waals surface area contributed by atoms with Crippen LogP contribution in [0.4, 0.5) is 5.82 Å². The molecule has 1 aromatic heterocycles. The molecule has 0 saturated heterocycles. The Balaban J connectivity index is 1.40. The van der Waals surface area contributed by atoms with Crippen LogP contribution >= 0.6 is 0 Å². The van der Waals surface area contributed by atoms with Gasteiger partial charge in [0.15, 0.2) is 0 Å². The van der Waals surface area contributed by atoms with E-state index in [9.17, 15) is 4.79 Å². The molecule has 3 aromatic rings. The molecule has 1 aliphatic rings. The van der Waals surface area contributed by atoms with E-state index in [4.69, 9.17) is 9.84 Å². The first-order valence-electron chi connectivity index (χ1n) is 8.80. The molecule has 0 aliphatic heterocycles. The van der Waals surface area contributed by atoms with Crippen LogP contribution in [0.5, 0.6) is 11.6 Å². The summed E-state index contributed by atoms with van der Waals surface area (Å²) in [4.78, 5) is 19.2. The third-order valence-corrected chi connectivity index (χ3v) is 4.55. The van der Waals surface area contributed by atoms with Gasteiger partial charge in [-0.3, -0.25) is 4.79 Å². The van der Waals surface area contributed by atoms with Crippen molar-refractivity contribution >= 4 is 11.8 Å². The molecule has 6 heteroatoms. The van der Waals surface area contributed by atoms with Crippen LogP contribution in [0.25, 0.3) is 0 Å². The topological polar surface area (TPSA) is 84.3 Å². The number of anilines is 1. The summed E-state index contributed by atoms with van der Waals surface area (Å²) in [6.45, 7) is 0. The highest BCUT2D eigenvalue weighted by atomic mass is 16.5. The Morgan fingerprint density at radius 1 is 1.07 bits per heavy atom. The predicted octanol–water partition coefficient (Wildman–Crippen LogP) is 3.48. The van der Waals surface area contributed by atoms with E-state index in [0.717, 1.165) is 24.2 Å². The van der Waals surface area contributed by atoms with Crippen LogP contribution in [-0.4, -0.2) is 27.1 Å². The van der Waals surface area contributed by atoms with Crippen molar-refractivity contribution < 1.29 is 14.6 Å². The summed E-state index contributed by atoms with van der Waals surface area (Å²) in [7, 11) is 0. The van der Waals surface area contributed by atoms with Gasteiger partial charge in [-0.2, -0.15) is 0 Å². The zero-order valence-electron chi connectivity index (χ0n) is 14.6. The van der Waals surface area contributed by atoms with Gasteiger partial charge in [0.25, 0.3) is 0 Å². The SMILES string of the molecule is O=C(O)Cc1ccc(Oc2cc(NC3Cc4ccccc4C3)ncn2)cc1. The number of nitrogens with one attached hydrogen (secondary N) is 1. The first-order chi connectivity index (χ1) is 13.2. The molecule has 0 fully saturated rings. The van der Waals surface area contributed by atoms with Crippen LogP contribution < -0.4 is 10.1 Å². The molecule has 136 valence electrons. The number of carboxylic acids is 1. The maximum Gasteiger partial charge on any atom is 0.307 e. The Kier molecular flexibility index (Phi) is 4.70. The Bertz CT molecular complexity index is 932. The molecule has 27 heavy (non-hydrogen) atoms. The zero-order chi connectivity index (χ0) is 18.6. The minimum Gasteiger partial charge on any atom is -0.481 e. The van der Waals surface area contributed by atoms with Gasteiger partial charge in [-0.25, -0.2) is 9.97 Å². The lowest BCUT2D eigenvalue weighted by molar-refractivity contribution is -0.136. The molecule has 6 nitrogen and oxygen atoms in total. The van der Waals surface area contributed by atoms with Crippen molar-refractivity contribution in [2.45, 2.75) is 25.3 Å². The van der Waals surface area contributed by atoms with Gasteiger partial charge in [-0.1, -0.05) is 36.4 Å². The number of hydrogen-bond acceptors (Lipinski definition) is 5. The third-order valence-electron chi connectivity index (χ3n) is 4.55. The van der Waals surface area contributed by atoms with Gasteiger partial charge < -0.3 is 15.2 Å². The van der Waals surface area contributed by atoms with Gasteiger partial charge in [0, 0.05) is 12.1 Å². The van der Waals surface area contributed by atoms with E-state index >= 15 is 0 Å². The van der Waals surface area contributed by atoms with E-state index in [0.29, 0.717) is 17.7 Å². The van der Waals surface area contributed by atoms with E-state index in [1.165, 1.54) is 17.5 Å². The van der Waals surface area contributed by atoms with Gasteiger partial charge in [0.1, 0.15) is 17.9 Å². The van der Waals surface area contributed by atoms with Crippen LogP contribution in [0.2, 0.25) is 0 Å². The second-order valence-corrected chi connectivity index (χ2v) is 6.58. The van der Waals surface area contributed by atoms with Crippen molar-refractivity contribution in [2.75, 3.05) is 5.32 Å². The molecule has 1 heterocycles. The summed E-state index contributed by atoms with van der Waals surface area (Å²) in [6, 6.07) is 17.5. The molecule has 2 aromatic carbocycles. The van der Waals surface area contributed by atoms with E-state index in [-0.39, 0.29) is 6.42 Å². The summed E-state index contributed by atoms with van der Waals surface area (Å²) in [6.07, 6.45) is 3.41. The average molecular weight is 361 g/mol. The summed E-state index contributed by atoms with van der Waals surface area (Å²) >= 11 is 0. The van der Waals surface area contributed by atoms with Gasteiger partial charge in [0.05, 0.1) is 6.42 Å². The lowest BCUT2D eigenvalue weighted by atomic mass is 10.1. The molecular formula is C21H19N3O3. The van der Waals surface area contributed by atoms with Crippen molar-refractivity contribution in [3.63, 3.8) is 0 Å². The van der Waals surface area contributed by atoms with E-state index in [1.54, 1.807) is 30.3 Å². The second-order valence-electron chi connectivity index (χ2n) is 6.58. The zero-order valence-corrected chi connectivity index (χ0v) is 14.6. The van der Waals surface area contributed by atoms with Gasteiger partial charge in [0.2, 0.25) is 5.88 Å². The van der Waals surface area contributed by atoms with Crippen LogP contribution in [-0.2, 0) is 24.1 Å². The fourth-order valence-corrected chi connectivity index (χ4v) is 3.31. The molecule has 1 aliphatic carbocycles. The molecular weight excluding hydrogens is 342 g/mol. The number of ether oxygens (including phenoxy) is 1. The number of hydrogen-bond donors (Lipinski definition) is 2. The second kappa shape index (κ2) is 7.45. The standard InChI is InChI=1S/C21H19N3O3/c25-21(26)9-14-5-7-18(8-6-14)27-20-12-19(22-13-23-20)24-17-10-15-3-1-2-4-16(15)11-17/h1-8,12-13,17H,9-11H2,(H,25,26)(H,22,23,24). The number of benzene rings is 2. The summed E-state index contributed by atoms with van der Waals surface area (Å²) < 4.78 is 5.77. The largest absolute Gasteiger partial charge is 0.481 e. The van der Waals surface area contributed by atoms with E-state index in [2.05, 4.69) is 39.6 Å². The first kappa shape index (κ1) is 17.0. The van der Waals surface area contributed by atoms with Crippen molar-refractivity contribution in [3.8, 4) is 11.6 Å². The van der Waals surface area contributed by atoms with Crippen molar-refractivity contribution in [2.24, 2.45) is 0 Å². The first-order valence-corrected chi connectivity index (χ1v) is 8.80. The number of carboxylic acid groups (broad SMARTS) is 1. The fraction of sp³-hybridized carbons (Fsp3) is 0.190. The molecule has 0 spiro atoms. The van der Waals surface area contributed by atoms with Crippen molar-refractivity contribution in [1.82, 2.24) is 9.97 Å². The number of rotatable bonds is 6. The molecule has 0 atom stereocenters. The number of fused-ring (bicyclic) bond motifs is 1. The molecule has 0 radical (unpaired) electrons. The molecule has 0 amide bonds. The van der Waals surface area contributed by atoms with Crippen LogP contribution in [0.1, 0.15) is 16.7 Å². The minimum absolute atomic E-state index is 0.00830. The molecule has 4 rings (SSSR count). The molecule has 0 bridgehead atoms. The Hall–Kier alpha value is -3.41. The highest BCUT2D eigenvalue weighted by molar-refractivity contribution is 5.70. The van der Waals surface area contributed by atoms with E-state index in [1.807, 2.05) is 0 Å². The van der Waals surface area contributed by atoms with Crippen LogP contribution in [0, 0.1) is 0 Å². The van der Waals surface area contributed by atoms with Crippen LogP contribution in [0.3, 0.4) is 0 Å². The Morgan fingerprint density at radius 2 is 1.78 bits per heavy atom. The number of nitrogens with zero attached hydrogens (tertiary/aromatic N) is 2. The number of aromatic nitrogens is 2. The lowest BCUT2D eigenvalue weighted by Gasteiger charge is -2.13. The highest BCUT2D eigenvalue weighted by Crippen LogP contribution is 2.26. The van der Waals surface area contributed by atoms with Gasteiger partial charge in [-0.15, -0.1) is 0 Å². The number of carbonyl (C=O) groups is 1. The fourth-order valence-electron chi connectivity index (χ4n) is 3.31. The summed E-state index contributed by atoms with van der Waals surface area (Å²) in [5, 5.41) is 12.3. The van der Waals surface area contributed by atoms with Crippen molar-refractivity contribution in [1.29, 1.82) is 0 Å². The Morgan fingerprint density at radius 3 is 2.44 bits per heavy atom. The summed E-state index contributed by atoms with van der Waals surface area (Å²) in [5.41, 5.74) is 3.48. The average Bonchev–Trinajstić information content (AvgIpc) is 3.05. The monoisotopic (exact) mass is 361 g/mol. The van der Waals surface area contributed by atoms with Crippen LogP contribution in [0.15, 0.2) is 60.9 Å². The van der Waals surface area contributed by atoms with Crippen molar-refractivity contribution in [3.05, 3.63) is 77.6 Å². The van der Waals surface area contributed by atoms with E-state index < -0.39 is 5.97 Å². The smallest absolute Gasteiger partial charge is 0.307 e. The lowest BCUT2D eigenvalue weighted by Crippen LogP contribution is -2.20. The minimum atomic E-state index is -0.857. The third kappa shape index (κ3) is 4.23. The quantitative estimate of drug-likeness (QED) is 0.699. The van der Waals surface area contributed by atoms with Gasteiger partial charge in [-0.05, 0) is 41.7 Å². The predicted molar refractivity (Wildman–Crippen MR) is 101 cm³/mol. The Labute approximate surface area is 156 Å². The number of aliphatic carboxylic acids is 1. The molecule has 0 saturated carbocycles. The normalized spacial score (nSPS) is 13.2.